The minimum absolute atomic E-state index is 0.0551. The second kappa shape index (κ2) is 5.87. The molecule has 122 valence electrons. The number of amides is 1. The number of hydrogen-bond donors (Lipinski definition) is 2. The molecule has 1 aliphatic carbocycles. The van der Waals surface area contributed by atoms with E-state index in [1.165, 1.54) is 11.3 Å². The molecular formula is C18H17N3O2S. The molecule has 0 spiro atoms. The van der Waals surface area contributed by atoms with Gasteiger partial charge in [0.15, 0.2) is 5.78 Å². The van der Waals surface area contributed by atoms with Gasteiger partial charge in [0.1, 0.15) is 5.69 Å². The number of carbonyl (C=O) groups excluding carboxylic acids is 2. The topological polar surface area (TPSA) is 74.8 Å². The lowest BCUT2D eigenvalue weighted by atomic mass is 9.85. The summed E-state index contributed by atoms with van der Waals surface area (Å²) < 4.78 is 0. The number of aromatic amines is 1. The Balaban J connectivity index is 1.67. The number of nitrogens with zero attached hydrogens (tertiary/aromatic N) is 1. The first-order chi connectivity index (χ1) is 11.6. The third-order valence-corrected chi connectivity index (χ3v) is 5.69. The van der Waals surface area contributed by atoms with Gasteiger partial charge in [-0.3, -0.25) is 14.7 Å². The minimum atomic E-state index is 0.0551. The number of aromatic nitrogens is 2. The number of anilines is 1. The first kappa shape index (κ1) is 15.1. The Labute approximate surface area is 143 Å². The molecule has 2 aromatic heterocycles. The third-order valence-electron chi connectivity index (χ3n) is 4.49. The average Bonchev–Trinajstić information content (AvgIpc) is 3.10. The van der Waals surface area contributed by atoms with Gasteiger partial charge in [-0.1, -0.05) is 6.42 Å². The maximum absolute atomic E-state index is 12.1. The number of rotatable bonds is 4. The summed E-state index contributed by atoms with van der Waals surface area (Å²) in [4.78, 5) is 25.3. The van der Waals surface area contributed by atoms with E-state index in [9.17, 15) is 9.59 Å². The fraction of sp³-hybridized carbons (Fsp3) is 0.278. The van der Waals surface area contributed by atoms with E-state index < -0.39 is 0 Å². The number of benzene rings is 1. The number of nitrogens with one attached hydrogen (secondary N) is 2. The van der Waals surface area contributed by atoms with Crippen molar-refractivity contribution >= 4 is 39.6 Å². The molecular weight excluding hydrogens is 322 g/mol. The van der Waals surface area contributed by atoms with Crippen LogP contribution in [-0.4, -0.2) is 21.9 Å². The number of Topliss-reactive ketones (excluding diaryl/α,β-unsaturated/α-hetero) is 1. The molecule has 0 saturated heterocycles. The van der Waals surface area contributed by atoms with E-state index in [0.29, 0.717) is 0 Å². The highest BCUT2D eigenvalue weighted by Crippen LogP contribution is 2.34. The van der Waals surface area contributed by atoms with E-state index in [4.69, 9.17) is 0 Å². The third kappa shape index (κ3) is 2.63. The zero-order valence-corrected chi connectivity index (χ0v) is 14.1. The van der Waals surface area contributed by atoms with Crippen LogP contribution in [0.25, 0.3) is 21.5 Å². The van der Waals surface area contributed by atoms with Crippen molar-refractivity contribution in [1.29, 1.82) is 0 Å². The molecule has 3 aromatic rings. The van der Waals surface area contributed by atoms with Crippen molar-refractivity contribution in [2.24, 2.45) is 5.92 Å². The average molecular weight is 339 g/mol. The summed E-state index contributed by atoms with van der Waals surface area (Å²) in [6, 6.07) is 9.48. The summed E-state index contributed by atoms with van der Waals surface area (Å²) >= 11 is 1.43. The number of fused-ring (bicyclic) bond motifs is 1. The van der Waals surface area contributed by atoms with Gasteiger partial charge >= 0.3 is 0 Å². The molecule has 6 heteroatoms. The van der Waals surface area contributed by atoms with Gasteiger partial charge in [0, 0.05) is 17.0 Å². The lowest BCUT2D eigenvalue weighted by molar-refractivity contribution is -0.122. The Morgan fingerprint density at radius 3 is 2.75 bits per heavy atom. The van der Waals surface area contributed by atoms with Gasteiger partial charge in [0.05, 0.1) is 15.3 Å². The summed E-state index contributed by atoms with van der Waals surface area (Å²) in [6.07, 6.45) is 3.10. The molecule has 24 heavy (non-hydrogen) atoms. The molecule has 4 rings (SSSR count). The molecule has 1 aromatic carbocycles. The van der Waals surface area contributed by atoms with Crippen molar-refractivity contribution in [1.82, 2.24) is 10.2 Å². The first-order valence-corrected chi connectivity index (χ1v) is 8.83. The molecule has 5 nitrogen and oxygen atoms in total. The van der Waals surface area contributed by atoms with Gasteiger partial charge in [-0.25, -0.2) is 0 Å². The maximum Gasteiger partial charge on any atom is 0.227 e. The number of H-pyrrole nitrogens is 1. The maximum atomic E-state index is 12.1. The molecule has 2 N–H and O–H groups in total. The summed E-state index contributed by atoms with van der Waals surface area (Å²) in [5.41, 5.74) is 2.50. The number of hydrogen-bond acceptors (Lipinski definition) is 4. The Hall–Kier alpha value is -2.47. The van der Waals surface area contributed by atoms with Gasteiger partial charge in [0.2, 0.25) is 5.91 Å². The van der Waals surface area contributed by atoms with Gasteiger partial charge < -0.3 is 5.32 Å². The van der Waals surface area contributed by atoms with Crippen molar-refractivity contribution in [3.8, 4) is 10.6 Å². The zero-order chi connectivity index (χ0) is 16.7. The van der Waals surface area contributed by atoms with Gasteiger partial charge in [0.25, 0.3) is 0 Å². The van der Waals surface area contributed by atoms with Crippen LogP contribution in [0.1, 0.15) is 35.9 Å². The van der Waals surface area contributed by atoms with Crippen molar-refractivity contribution in [3.05, 3.63) is 35.2 Å². The molecule has 1 aliphatic rings. The van der Waals surface area contributed by atoms with E-state index in [1.807, 2.05) is 30.3 Å². The monoisotopic (exact) mass is 339 g/mol. The first-order valence-electron chi connectivity index (χ1n) is 8.02. The molecule has 1 fully saturated rings. The molecule has 0 aliphatic heterocycles. The SMILES string of the molecule is CC(=O)c1ccc(-c2n[nH]c3ccc(NC(=O)C4CCC4)cc23)s1. The quantitative estimate of drug-likeness (QED) is 0.698. The molecule has 0 atom stereocenters. The molecule has 1 amide bonds. The van der Waals surface area contributed by atoms with Crippen LogP contribution < -0.4 is 5.32 Å². The molecule has 0 radical (unpaired) electrons. The van der Waals surface area contributed by atoms with Crippen molar-refractivity contribution in [3.63, 3.8) is 0 Å². The van der Waals surface area contributed by atoms with Crippen LogP contribution in [0.5, 0.6) is 0 Å². The van der Waals surface area contributed by atoms with Gasteiger partial charge in [-0.15, -0.1) is 11.3 Å². The highest BCUT2D eigenvalue weighted by Gasteiger charge is 2.25. The van der Waals surface area contributed by atoms with Gasteiger partial charge in [-0.2, -0.15) is 5.10 Å². The Bertz CT molecular complexity index is 937. The smallest absolute Gasteiger partial charge is 0.227 e. The van der Waals surface area contributed by atoms with Crippen molar-refractivity contribution in [2.75, 3.05) is 5.32 Å². The lowest BCUT2D eigenvalue weighted by Crippen LogP contribution is -2.27. The van der Waals surface area contributed by atoms with E-state index in [1.54, 1.807) is 6.92 Å². The summed E-state index contributed by atoms with van der Waals surface area (Å²) in [5.74, 6) is 0.306. The lowest BCUT2D eigenvalue weighted by Gasteiger charge is -2.24. The van der Waals surface area contributed by atoms with Gasteiger partial charge in [-0.05, 0) is 50.1 Å². The normalized spacial score (nSPS) is 14.5. The molecule has 0 unspecified atom stereocenters. The van der Waals surface area contributed by atoms with E-state index in [0.717, 1.165) is 51.3 Å². The van der Waals surface area contributed by atoms with Crippen LogP contribution in [0.15, 0.2) is 30.3 Å². The number of ketones is 1. The van der Waals surface area contributed by atoms with Crippen molar-refractivity contribution < 1.29 is 9.59 Å². The van der Waals surface area contributed by atoms with E-state index in [-0.39, 0.29) is 17.6 Å². The fourth-order valence-corrected chi connectivity index (χ4v) is 3.75. The summed E-state index contributed by atoms with van der Waals surface area (Å²) in [6.45, 7) is 1.56. The predicted octanol–water partition coefficient (Wildman–Crippen LogP) is 4.23. The highest BCUT2D eigenvalue weighted by molar-refractivity contribution is 7.17. The Kier molecular flexibility index (Phi) is 3.69. The largest absolute Gasteiger partial charge is 0.326 e. The van der Waals surface area contributed by atoms with E-state index >= 15 is 0 Å². The second-order valence-electron chi connectivity index (χ2n) is 6.17. The second-order valence-corrected chi connectivity index (χ2v) is 7.25. The standard InChI is InChI=1S/C18H17N3O2S/c1-10(22)15-7-8-16(24-15)17-13-9-12(5-6-14(13)20-21-17)19-18(23)11-3-2-4-11/h5-9,11H,2-4H2,1H3,(H,19,23)(H,20,21). The Morgan fingerprint density at radius 2 is 2.08 bits per heavy atom. The minimum Gasteiger partial charge on any atom is -0.326 e. The van der Waals surface area contributed by atoms with Crippen LogP contribution in [0, 0.1) is 5.92 Å². The van der Waals surface area contributed by atoms with Crippen LogP contribution in [-0.2, 0) is 4.79 Å². The van der Waals surface area contributed by atoms with E-state index in [2.05, 4.69) is 15.5 Å². The zero-order valence-electron chi connectivity index (χ0n) is 13.3. The van der Waals surface area contributed by atoms with Crippen LogP contribution >= 0.6 is 11.3 Å². The number of carbonyl (C=O) groups is 2. The van der Waals surface area contributed by atoms with Crippen LogP contribution in [0.4, 0.5) is 5.69 Å². The highest BCUT2D eigenvalue weighted by atomic mass is 32.1. The van der Waals surface area contributed by atoms with Crippen LogP contribution in [0.3, 0.4) is 0 Å². The Morgan fingerprint density at radius 1 is 1.25 bits per heavy atom. The van der Waals surface area contributed by atoms with Crippen molar-refractivity contribution in [2.45, 2.75) is 26.2 Å². The predicted molar refractivity (Wildman–Crippen MR) is 95.4 cm³/mol. The fourth-order valence-electron chi connectivity index (χ4n) is 2.85. The summed E-state index contributed by atoms with van der Waals surface area (Å²) in [7, 11) is 0. The summed E-state index contributed by atoms with van der Waals surface area (Å²) in [5, 5.41) is 11.3. The number of thiophene rings is 1. The molecule has 1 saturated carbocycles. The molecule has 2 heterocycles. The molecule has 0 bridgehead atoms. The van der Waals surface area contributed by atoms with Crippen LogP contribution in [0.2, 0.25) is 0 Å².